The second-order valence-electron chi connectivity index (χ2n) is 4.68. The highest BCUT2D eigenvalue weighted by Crippen LogP contribution is 2.19. The molecule has 17 heavy (non-hydrogen) atoms. The van der Waals surface area contributed by atoms with Crippen LogP contribution in [0.3, 0.4) is 0 Å². The van der Waals surface area contributed by atoms with Gasteiger partial charge in [-0.2, -0.15) is 5.10 Å². The maximum absolute atomic E-state index is 4.60. The van der Waals surface area contributed by atoms with Crippen molar-refractivity contribution < 1.29 is 0 Å². The van der Waals surface area contributed by atoms with Crippen molar-refractivity contribution >= 4 is 16.9 Å². The van der Waals surface area contributed by atoms with Gasteiger partial charge in [0, 0.05) is 31.6 Å². The van der Waals surface area contributed by atoms with Gasteiger partial charge in [0.05, 0.1) is 6.20 Å². The number of amidine groups is 1. The first-order chi connectivity index (χ1) is 8.15. The van der Waals surface area contributed by atoms with Crippen molar-refractivity contribution in [3.63, 3.8) is 0 Å². The number of rotatable bonds is 3. The second kappa shape index (κ2) is 5.58. The fourth-order valence-corrected chi connectivity index (χ4v) is 2.87. The Labute approximate surface area is 107 Å². The molecule has 1 fully saturated rings. The highest BCUT2D eigenvalue weighted by Gasteiger charge is 2.20. The van der Waals surface area contributed by atoms with Crippen molar-refractivity contribution in [2.75, 3.05) is 12.3 Å². The molecule has 0 spiro atoms. The van der Waals surface area contributed by atoms with Crippen molar-refractivity contribution in [2.24, 2.45) is 18.0 Å². The molecule has 1 aliphatic heterocycles. The Morgan fingerprint density at radius 1 is 1.59 bits per heavy atom. The molecule has 94 valence electrons. The van der Waals surface area contributed by atoms with Crippen LogP contribution in [0.1, 0.15) is 19.4 Å². The normalized spacial score (nSPS) is 27.1. The van der Waals surface area contributed by atoms with Crippen molar-refractivity contribution in [1.29, 1.82) is 0 Å². The lowest BCUT2D eigenvalue weighted by Crippen LogP contribution is -2.41. The number of nitrogens with one attached hydrogen (secondary N) is 1. The molecule has 0 aliphatic carbocycles. The summed E-state index contributed by atoms with van der Waals surface area (Å²) < 4.78 is 1.83. The maximum atomic E-state index is 4.60. The number of hydrogen-bond acceptors (Lipinski definition) is 3. The molecule has 0 saturated carbocycles. The van der Waals surface area contributed by atoms with E-state index in [0.29, 0.717) is 6.04 Å². The van der Waals surface area contributed by atoms with Gasteiger partial charge in [0.2, 0.25) is 0 Å². The predicted octanol–water partition coefficient (Wildman–Crippen LogP) is 1.68. The van der Waals surface area contributed by atoms with E-state index in [-0.39, 0.29) is 0 Å². The van der Waals surface area contributed by atoms with E-state index in [1.807, 2.05) is 35.9 Å². The Balaban J connectivity index is 1.81. The van der Waals surface area contributed by atoms with Gasteiger partial charge < -0.3 is 5.32 Å². The van der Waals surface area contributed by atoms with Crippen molar-refractivity contribution in [2.45, 2.75) is 26.3 Å². The standard InChI is InChI=1S/C12H20N4S/c1-9-8-17-12(15-10(9)2)13-5-4-11-6-14-16(3)7-11/h6-7,9-10H,4-5,8H2,1-3H3,(H,13,15). The number of aryl methyl sites for hydroxylation is 1. The number of aromatic nitrogens is 2. The van der Waals surface area contributed by atoms with E-state index in [1.165, 1.54) is 11.3 Å². The summed E-state index contributed by atoms with van der Waals surface area (Å²) in [6.45, 7) is 5.33. The number of aliphatic imine (C=N–C) groups is 1. The smallest absolute Gasteiger partial charge is 0.156 e. The largest absolute Gasteiger partial charge is 0.362 e. The van der Waals surface area contributed by atoms with E-state index < -0.39 is 0 Å². The first-order valence-electron chi connectivity index (χ1n) is 6.06. The highest BCUT2D eigenvalue weighted by atomic mass is 32.2. The van der Waals surface area contributed by atoms with Gasteiger partial charge in [0.1, 0.15) is 0 Å². The molecule has 0 radical (unpaired) electrons. The van der Waals surface area contributed by atoms with Gasteiger partial charge in [0.15, 0.2) is 5.17 Å². The lowest BCUT2D eigenvalue weighted by molar-refractivity contribution is 0.490. The number of hydrogen-bond donors (Lipinski definition) is 1. The molecule has 1 aliphatic rings. The van der Waals surface area contributed by atoms with Crippen LogP contribution in [-0.2, 0) is 13.5 Å². The third-order valence-electron chi connectivity index (χ3n) is 3.10. The van der Waals surface area contributed by atoms with Crippen LogP contribution < -0.4 is 5.32 Å². The molecule has 1 aromatic rings. The molecule has 1 aromatic heterocycles. The van der Waals surface area contributed by atoms with Gasteiger partial charge >= 0.3 is 0 Å². The zero-order valence-corrected chi connectivity index (χ0v) is 11.5. The Kier molecular flexibility index (Phi) is 4.10. The zero-order valence-electron chi connectivity index (χ0n) is 10.7. The van der Waals surface area contributed by atoms with Crippen LogP contribution in [0, 0.1) is 5.92 Å². The van der Waals surface area contributed by atoms with Crippen LogP contribution >= 0.6 is 11.8 Å². The molecule has 4 nitrogen and oxygen atoms in total. The Morgan fingerprint density at radius 2 is 2.41 bits per heavy atom. The fourth-order valence-electron chi connectivity index (χ4n) is 1.71. The SMILES string of the molecule is CC1CSC(=NCCc2cnn(C)c2)NC1C. The molecule has 2 rings (SSSR count). The van der Waals surface area contributed by atoms with Gasteiger partial charge in [-0.15, -0.1) is 0 Å². The minimum absolute atomic E-state index is 0.536. The predicted molar refractivity (Wildman–Crippen MR) is 73.4 cm³/mol. The third-order valence-corrected chi connectivity index (χ3v) is 4.31. The van der Waals surface area contributed by atoms with Gasteiger partial charge in [-0.3, -0.25) is 9.67 Å². The minimum atomic E-state index is 0.536. The molecule has 0 bridgehead atoms. The topological polar surface area (TPSA) is 42.2 Å². The van der Waals surface area contributed by atoms with Gasteiger partial charge in [-0.1, -0.05) is 18.7 Å². The first-order valence-corrected chi connectivity index (χ1v) is 7.05. The summed E-state index contributed by atoms with van der Waals surface area (Å²) in [5.74, 6) is 1.89. The molecule has 2 atom stereocenters. The van der Waals surface area contributed by atoms with Gasteiger partial charge in [0.25, 0.3) is 0 Å². The molecule has 5 heteroatoms. The van der Waals surface area contributed by atoms with E-state index in [1.54, 1.807) is 0 Å². The first kappa shape index (κ1) is 12.5. The summed E-state index contributed by atoms with van der Waals surface area (Å²) in [6.07, 6.45) is 4.92. The minimum Gasteiger partial charge on any atom is -0.362 e. The molecule has 1 saturated heterocycles. The van der Waals surface area contributed by atoms with E-state index >= 15 is 0 Å². The average Bonchev–Trinajstić information content (AvgIpc) is 2.70. The molecule has 1 N–H and O–H groups in total. The maximum Gasteiger partial charge on any atom is 0.156 e. The molecule has 2 heterocycles. The summed E-state index contributed by atoms with van der Waals surface area (Å²) in [5.41, 5.74) is 1.25. The quantitative estimate of drug-likeness (QED) is 0.890. The van der Waals surface area contributed by atoms with Crippen LogP contribution in [0.15, 0.2) is 17.4 Å². The highest BCUT2D eigenvalue weighted by molar-refractivity contribution is 8.13. The van der Waals surface area contributed by atoms with Crippen LogP contribution in [0.5, 0.6) is 0 Å². The van der Waals surface area contributed by atoms with Gasteiger partial charge in [-0.05, 0) is 24.8 Å². The molecule has 2 unspecified atom stereocenters. The monoisotopic (exact) mass is 252 g/mol. The average molecular weight is 252 g/mol. The van der Waals surface area contributed by atoms with E-state index in [0.717, 1.165) is 24.1 Å². The molecular formula is C12H20N4S. The Hall–Kier alpha value is -0.970. The van der Waals surface area contributed by atoms with E-state index in [2.05, 4.69) is 29.3 Å². The lowest BCUT2D eigenvalue weighted by Gasteiger charge is -2.28. The van der Waals surface area contributed by atoms with Gasteiger partial charge in [-0.25, -0.2) is 0 Å². The molecular weight excluding hydrogens is 232 g/mol. The van der Waals surface area contributed by atoms with Crippen LogP contribution in [0.25, 0.3) is 0 Å². The lowest BCUT2D eigenvalue weighted by atomic mass is 10.1. The van der Waals surface area contributed by atoms with Crippen molar-refractivity contribution in [1.82, 2.24) is 15.1 Å². The van der Waals surface area contributed by atoms with E-state index in [9.17, 15) is 0 Å². The number of nitrogens with zero attached hydrogens (tertiary/aromatic N) is 3. The summed E-state index contributed by atoms with van der Waals surface area (Å²) in [6, 6.07) is 0.536. The van der Waals surface area contributed by atoms with Crippen LogP contribution in [-0.4, -0.2) is 33.3 Å². The summed E-state index contributed by atoms with van der Waals surface area (Å²) >= 11 is 1.83. The third kappa shape index (κ3) is 3.49. The van der Waals surface area contributed by atoms with E-state index in [4.69, 9.17) is 0 Å². The Morgan fingerprint density at radius 3 is 3.06 bits per heavy atom. The van der Waals surface area contributed by atoms with Crippen LogP contribution in [0.4, 0.5) is 0 Å². The number of thioether (sulfide) groups is 1. The summed E-state index contributed by atoms with van der Waals surface area (Å²) in [4.78, 5) is 4.60. The fraction of sp³-hybridized carbons (Fsp3) is 0.667. The Bertz CT molecular complexity index is 399. The van der Waals surface area contributed by atoms with Crippen LogP contribution in [0.2, 0.25) is 0 Å². The molecule has 0 aromatic carbocycles. The van der Waals surface area contributed by atoms with Crippen molar-refractivity contribution in [3.8, 4) is 0 Å². The molecule has 0 amide bonds. The summed E-state index contributed by atoms with van der Waals surface area (Å²) in [7, 11) is 1.94. The van der Waals surface area contributed by atoms with Crippen molar-refractivity contribution in [3.05, 3.63) is 18.0 Å². The second-order valence-corrected chi connectivity index (χ2v) is 5.69. The zero-order chi connectivity index (χ0) is 12.3. The summed E-state index contributed by atoms with van der Waals surface area (Å²) in [5, 5.41) is 8.70.